The van der Waals surface area contributed by atoms with E-state index in [9.17, 15) is 0 Å². The number of rotatable bonds is 6. The minimum absolute atomic E-state index is 0.720. The molecule has 3 rings (SSSR count). The summed E-state index contributed by atoms with van der Waals surface area (Å²) in [6.45, 7) is 4.08. The standard InChI is InChI=1S/C19H19N3S2/c1-3-23-24-13-15-9-11-17(12-10-15)19-21-14(2)20-18(22-19)16-7-5-4-6-8-16/h4-12H,3,13H2,1-2H3. The molecule has 0 fully saturated rings. The lowest BCUT2D eigenvalue weighted by atomic mass is 10.1. The molecule has 0 bridgehead atoms. The van der Waals surface area contributed by atoms with E-state index in [2.05, 4.69) is 46.1 Å². The average Bonchev–Trinajstić information content (AvgIpc) is 2.63. The van der Waals surface area contributed by atoms with Gasteiger partial charge in [-0.05, 0) is 12.5 Å². The van der Waals surface area contributed by atoms with Crippen LogP contribution in [0.15, 0.2) is 54.6 Å². The monoisotopic (exact) mass is 353 g/mol. The summed E-state index contributed by atoms with van der Waals surface area (Å²) in [5.74, 6) is 4.33. The molecule has 5 heteroatoms. The van der Waals surface area contributed by atoms with Gasteiger partial charge >= 0.3 is 0 Å². The van der Waals surface area contributed by atoms with E-state index in [1.54, 1.807) is 0 Å². The van der Waals surface area contributed by atoms with Crippen molar-refractivity contribution in [3.05, 3.63) is 66.0 Å². The molecule has 0 spiro atoms. The Morgan fingerprint density at radius 2 is 1.38 bits per heavy atom. The molecule has 0 aliphatic rings. The molecule has 0 N–H and O–H groups in total. The Balaban J connectivity index is 1.85. The molecule has 0 radical (unpaired) electrons. The van der Waals surface area contributed by atoms with Crippen molar-refractivity contribution in [1.29, 1.82) is 0 Å². The zero-order valence-electron chi connectivity index (χ0n) is 13.8. The maximum atomic E-state index is 4.65. The van der Waals surface area contributed by atoms with Crippen molar-refractivity contribution in [3.63, 3.8) is 0 Å². The summed E-state index contributed by atoms with van der Waals surface area (Å²) in [5, 5.41) is 0. The second-order valence-electron chi connectivity index (χ2n) is 5.26. The Morgan fingerprint density at radius 1 is 0.750 bits per heavy atom. The van der Waals surface area contributed by atoms with Crippen LogP contribution < -0.4 is 0 Å². The molecule has 0 aliphatic carbocycles. The first-order valence-corrected chi connectivity index (χ1v) is 10.4. The third-order valence-electron chi connectivity index (χ3n) is 3.42. The minimum Gasteiger partial charge on any atom is -0.213 e. The molecule has 3 nitrogen and oxygen atoms in total. The molecule has 122 valence electrons. The average molecular weight is 354 g/mol. The fourth-order valence-corrected chi connectivity index (χ4v) is 4.01. The summed E-state index contributed by atoms with van der Waals surface area (Å²) in [5.41, 5.74) is 3.35. The molecule has 0 atom stereocenters. The van der Waals surface area contributed by atoms with E-state index in [4.69, 9.17) is 0 Å². The highest BCUT2D eigenvalue weighted by Gasteiger charge is 2.08. The lowest BCUT2D eigenvalue weighted by Gasteiger charge is -2.06. The number of benzene rings is 2. The lowest BCUT2D eigenvalue weighted by Crippen LogP contribution is -1.99. The third-order valence-corrected chi connectivity index (χ3v) is 5.83. The Hall–Kier alpha value is -1.85. The van der Waals surface area contributed by atoms with Crippen molar-refractivity contribution < 1.29 is 0 Å². The van der Waals surface area contributed by atoms with Gasteiger partial charge in [0.2, 0.25) is 0 Å². The van der Waals surface area contributed by atoms with Gasteiger partial charge in [0, 0.05) is 22.6 Å². The number of aromatic nitrogens is 3. The molecule has 0 saturated carbocycles. The third kappa shape index (κ3) is 4.36. The zero-order valence-corrected chi connectivity index (χ0v) is 15.4. The maximum absolute atomic E-state index is 4.65. The molecule has 3 aromatic rings. The van der Waals surface area contributed by atoms with Crippen molar-refractivity contribution >= 4 is 21.6 Å². The highest BCUT2D eigenvalue weighted by Crippen LogP contribution is 2.26. The first-order chi connectivity index (χ1) is 11.8. The molecular formula is C19H19N3S2. The minimum atomic E-state index is 0.720. The number of hydrogen-bond acceptors (Lipinski definition) is 5. The van der Waals surface area contributed by atoms with Crippen molar-refractivity contribution in [2.45, 2.75) is 19.6 Å². The molecule has 1 aromatic heterocycles. The van der Waals surface area contributed by atoms with E-state index in [1.165, 1.54) is 5.56 Å². The summed E-state index contributed by atoms with van der Waals surface area (Å²) in [6, 6.07) is 18.5. The van der Waals surface area contributed by atoms with Gasteiger partial charge in [-0.2, -0.15) is 0 Å². The highest BCUT2D eigenvalue weighted by atomic mass is 33.1. The van der Waals surface area contributed by atoms with Crippen molar-refractivity contribution in [2.75, 3.05) is 5.75 Å². The van der Waals surface area contributed by atoms with Crippen LogP contribution in [0, 0.1) is 6.92 Å². The number of aryl methyl sites for hydroxylation is 1. The summed E-state index contributed by atoms with van der Waals surface area (Å²) >= 11 is 0. The van der Waals surface area contributed by atoms with E-state index in [1.807, 2.05) is 58.8 Å². The van der Waals surface area contributed by atoms with Crippen molar-refractivity contribution in [2.24, 2.45) is 0 Å². The Morgan fingerprint density at radius 3 is 2.00 bits per heavy atom. The predicted molar refractivity (Wildman–Crippen MR) is 105 cm³/mol. The van der Waals surface area contributed by atoms with Crippen LogP contribution in [0.3, 0.4) is 0 Å². The van der Waals surface area contributed by atoms with Gasteiger partial charge < -0.3 is 0 Å². The molecule has 0 saturated heterocycles. The van der Waals surface area contributed by atoms with Gasteiger partial charge in [0.15, 0.2) is 11.6 Å². The van der Waals surface area contributed by atoms with Gasteiger partial charge in [0.1, 0.15) is 5.82 Å². The van der Waals surface area contributed by atoms with Crippen LogP contribution in [0.25, 0.3) is 22.8 Å². The molecule has 1 heterocycles. The number of hydrogen-bond donors (Lipinski definition) is 0. The van der Waals surface area contributed by atoms with Crippen LogP contribution in [0.1, 0.15) is 18.3 Å². The predicted octanol–water partition coefficient (Wildman–Crippen LogP) is 5.42. The lowest BCUT2D eigenvalue weighted by molar-refractivity contribution is 0.992. The summed E-state index contributed by atoms with van der Waals surface area (Å²) in [7, 11) is 3.77. The largest absolute Gasteiger partial charge is 0.213 e. The molecule has 0 aliphatic heterocycles. The van der Waals surface area contributed by atoms with Crippen LogP contribution in [0.5, 0.6) is 0 Å². The topological polar surface area (TPSA) is 38.7 Å². The second-order valence-corrected chi connectivity index (χ2v) is 8.01. The van der Waals surface area contributed by atoms with Crippen molar-refractivity contribution in [1.82, 2.24) is 15.0 Å². The zero-order chi connectivity index (χ0) is 16.8. The van der Waals surface area contributed by atoms with Crippen LogP contribution >= 0.6 is 21.6 Å². The van der Waals surface area contributed by atoms with Crippen LogP contribution in [-0.2, 0) is 5.75 Å². The van der Waals surface area contributed by atoms with Crippen LogP contribution in [-0.4, -0.2) is 20.7 Å². The molecule has 0 unspecified atom stereocenters. The van der Waals surface area contributed by atoms with Crippen molar-refractivity contribution in [3.8, 4) is 22.8 Å². The Bertz CT molecular complexity index is 789. The Kier molecular flexibility index (Phi) is 5.88. The van der Waals surface area contributed by atoms with E-state index in [0.29, 0.717) is 0 Å². The van der Waals surface area contributed by atoms with Gasteiger partial charge in [-0.15, -0.1) is 0 Å². The molecule has 0 amide bonds. The quantitative estimate of drug-likeness (QED) is 0.437. The van der Waals surface area contributed by atoms with Crippen LogP contribution in [0.4, 0.5) is 0 Å². The first kappa shape index (κ1) is 17.0. The van der Waals surface area contributed by atoms with E-state index >= 15 is 0 Å². The smallest absolute Gasteiger partial charge is 0.163 e. The summed E-state index contributed by atoms with van der Waals surface area (Å²) in [6.07, 6.45) is 0. The van der Waals surface area contributed by atoms with Crippen LogP contribution in [0.2, 0.25) is 0 Å². The maximum Gasteiger partial charge on any atom is 0.163 e. The first-order valence-electron chi connectivity index (χ1n) is 7.88. The molecular weight excluding hydrogens is 334 g/mol. The highest BCUT2D eigenvalue weighted by molar-refractivity contribution is 8.76. The van der Waals surface area contributed by atoms with Gasteiger partial charge in [-0.25, -0.2) is 15.0 Å². The summed E-state index contributed by atoms with van der Waals surface area (Å²) in [4.78, 5) is 13.6. The number of nitrogens with zero attached hydrogens (tertiary/aromatic N) is 3. The van der Waals surface area contributed by atoms with E-state index in [0.717, 1.165) is 40.1 Å². The fourth-order valence-electron chi connectivity index (χ4n) is 2.27. The SMILES string of the molecule is CCSSCc1ccc(-c2nc(C)nc(-c3ccccc3)n2)cc1. The van der Waals surface area contributed by atoms with E-state index < -0.39 is 0 Å². The van der Waals surface area contributed by atoms with Gasteiger partial charge in [-0.3, -0.25) is 0 Å². The summed E-state index contributed by atoms with van der Waals surface area (Å²) < 4.78 is 0. The molecule has 24 heavy (non-hydrogen) atoms. The molecule has 2 aromatic carbocycles. The van der Waals surface area contributed by atoms with Gasteiger partial charge in [0.05, 0.1) is 0 Å². The fraction of sp³-hybridized carbons (Fsp3) is 0.211. The Labute approximate surface area is 150 Å². The van der Waals surface area contributed by atoms with E-state index in [-0.39, 0.29) is 0 Å². The van der Waals surface area contributed by atoms with Gasteiger partial charge in [0.25, 0.3) is 0 Å². The normalized spacial score (nSPS) is 10.8. The van der Waals surface area contributed by atoms with Gasteiger partial charge in [-0.1, -0.05) is 83.1 Å². The second kappa shape index (κ2) is 8.31.